The van der Waals surface area contributed by atoms with Gasteiger partial charge >= 0.3 is 0 Å². The lowest BCUT2D eigenvalue weighted by molar-refractivity contribution is 0.0952. The zero-order valence-electron chi connectivity index (χ0n) is 11.2. The zero-order chi connectivity index (χ0) is 13.9. The van der Waals surface area contributed by atoms with Crippen LogP contribution in [0.2, 0.25) is 0 Å². The largest absolute Gasteiger partial charge is 0.399 e. The van der Waals surface area contributed by atoms with E-state index in [0.29, 0.717) is 17.2 Å². The predicted octanol–water partition coefficient (Wildman–Crippen LogP) is 2.47. The molecule has 0 spiro atoms. The van der Waals surface area contributed by atoms with Crippen molar-refractivity contribution < 1.29 is 4.79 Å². The number of aromatic nitrogens is 1. The van der Waals surface area contributed by atoms with E-state index in [1.807, 2.05) is 24.3 Å². The van der Waals surface area contributed by atoms with E-state index >= 15 is 0 Å². The van der Waals surface area contributed by atoms with E-state index in [1.165, 1.54) is 12.8 Å². The van der Waals surface area contributed by atoms with Crippen molar-refractivity contribution in [3.8, 4) is 11.1 Å². The van der Waals surface area contributed by atoms with Crippen LogP contribution in [-0.2, 0) is 0 Å². The molecule has 0 radical (unpaired) electrons. The number of hydrogen-bond donors (Lipinski definition) is 2. The number of nitrogens with zero attached hydrogens (tertiary/aromatic N) is 1. The minimum absolute atomic E-state index is 0.0592. The Bertz CT molecular complexity index is 621. The van der Waals surface area contributed by atoms with Crippen molar-refractivity contribution in [1.29, 1.82) is 0 Å². The lowest BCUT2D eigenvalue weighted by Crippen LogP contribution is -2.26. The summed E-state index contributed by atoms with van der Waals surface area (Å²) >= 11 is 0. The summed E-state index contributed by atoms with van der Waals surface area (Å²) in [4.78, 5) is 16.3. The van der Waals surface area contributed by atoms with Crippen LogP contribution in [0.5, 0.6) is 0 Å². The molecule has 4 nitrogen and oxygen atoms in total. The number of nitrogens with two attached hydrogens (primary N) is 1. The van der Waals surface area contributed by atoms with Gasteiger partial charge in [0.2, 0.25) is 0 Å². The summed E-state index contributed by atoms with van der Waals surface area (Å²) in [5.41, 5.74) is 8.89. The molecule has 1 saturated carbocycles. The third-order valence-electron chi connectivity index (χ3n) is 3.53. The van der Waals surface area contributed by atoms with Gasteiger partial charge in [0.05, 0.1) is 0 Å². The van der Waals surface area contributed by atoms with Crippen LogP contribution in [0.1, 0.15) is 23.2 Å². The molecule has 0 aliphatic heterocycles. The monoisotopic (exact) mass is 267 g/mol. The number of carbonyl (C=O) groups is 1. The normalized spacial score (nSPS) is 14.0. The number of pyridine rings is 1. The molecule has 102 valence electrons. The highest BCUT2D eigenvalue weighted by Crippen LogP contribution is 2.28. The average Bonchev–Trinajstić information content (AvgIpc) is 3.30. The molecule has 2 aromatic rings. The standard InChI is InChI=1S/C16H17N3O/c17-13-3-4-14(12-5-7-18-8-6-12)15(9-13)16(20)19-10-11-1-2-11/h3-9,11H,1-2,10,17H2,(H,19,20). The van der Waals surface area contributed by atoms with Gasteiger partial charge in [0.25, 0.3) is 5.91 Å². The predicted molar refractivity (Wildman–Crippen MR) is 79.1 cm³/mol. The van der Waals surface area contributed by atoms with Crippen LogP contribution < -0.4 is 11.1 Å². The van der Waals surface area contributed by atoms with E-state index in [0.717, 1.165) is 17.7 Å². The molecule has 1 aliphatic carbocycles. The summed E-state index contributed by atoms with van der Waals surface area (Å²) < 4.78 is 0. The first-order chi connectivity index (χ1) is 9.74. The number of amides is 1. The molecule has 0 unspecified atom stereocenters. The van der Waals surface area contributed by atoms with E-state index in [1.54, 1.807) is 18.5 Å². The Labute approximate surface area is 118 Å². The first-order valence-electron chi connectivity index (χ1n) is 6.82. The van der Waals surface area contributed by atoms with Gasteiger partial charge in [0.1, 0.15) is 0 Å². The fourth-order valence-corrected chi connectivity index (χ4v) is 2.19. The second kappa shape index (κ2) is 5.33. The highest BCUT2D eigenvalue weighted by molar-refractivity contribution is 6.01. The van der Waals surface area contributed by atoms with Crippen LogP contribution in [-0.4, -0.2) is 17.4 Å². The second-order valence-corrected chi connectivity index (χ2v) is 5.19. The third kappa shape index (κ3) is 2.79. The van der Waals surface area contributed by atoms with E-state index in [4.69, 9.17) is 5.73 Å². The molecular formula is C16H17N3O. The lowest BCUT2D eigenvalue weighted by atomic mass is 9.99. The van der Waals surface area contributed by atoms with Gasteiger partial charge in [-0.2, -0.15) is 0 Å². The zero-order valence-corrected chi connectivity index (χ0v) is 11.2. The summed E-state index contributed by atoms with van der Waals surface area (Å²) in [6, 6.07) is 9.22. The van der Waals surface area contributed by atoms with Crippen LogP contribution in [0.3, 0.4) is 0 Å². The van der Waals surface area contributed by atoms with Crippen molar-refractivity contribution in [3.63, 3.8) is 0 Å². The highest BCUT2D eigenvalue weighted by Gasteiger charge is 2.22. The van der Waals surface area contributed by atoms with Crippen molar-refractivity contribution >= 4 is 11.6 Å². The van der Waals surface area contributed by atoms with Crippen LogP contribution in [0.15, 0.2) is 42.7 Å². The van der Waals surface area contributed by atoms with Gasteiger partial charge in [-0.25, -0.2) is 0 Å². The molecular weight excluding hydrogens is 250 g/mol. The average molecular weight is 267 g/mol. The number of nitrogens with one attached hydrogen (secondary N) is 1. The number of nitrogen functional groups attached to an aromatic ring is 1. The summed E-state index contributed by atoms with van der Waals surface area (Å²) in [7, 11) is 0. The SMILES string of the molecule is Nc1ccc(-c2ccncc2)c(C(=O)NCC2CC2)c1. The number of benzene rings is 1. The summed E-state index contributed by atoms with van der Waals surface area (Å²) in [5, 5.41) is 2.99. The highest BCUT2D eigenvalue weighted by atomic mass is 16.1. The summed E-state index contributed by atoms with van der Waals surface area (Å²) in [5.74, 6) is 0.598. The van der Waals surface area contributed by atoms with Crippen molar-refractivity contribution in [2.75, 3.05) is 12.3 Å². The number of anilines is 1. The number of hydrogen-bond acceptors (Lipinski definition) is 3. The Balaban J connectivity index is 1.91. The van der Waals surface area contributed by atoms with Crippen molar-refractivity contribution in [3.05, 3.63) is 48.3 Å². The van der Waals surface area contributed by atoms with Gasteiger partial charge in [-0.05, 0) is 54.2 Å². The van der Waals surface area contributed by atoms with E-state index in [9.17, 15) is 4.79 Å². The maximum atomic E-state index is 12.3. The quantitative estimate of drug-likeness (QED) is 0.836. The molecule has 1 aromatic heterocycles. The van der Waals surface area contributed by atoms with Gasteiger partial charge in [-0.1, -0.05) is 6.07 Å². The van der Waals surface area contributed by atoms with Crippen molar-refractivity contribution in [1.82, 2.24) is 10.3 Å². The molecule has 0 bridgehead atoms. The molecule has 20 heavy (non-hydrogen) atoms. The summed E-state index contributed by atoms with van der Waals surface area (Å²) in [6.07, 6.45) is 5.87. The topological polar surface area (TPSA) is 68.0 Å². The first kappa shape index (κ1) is 12.7. The van der Waals surface area contributed by atoms with Gasteiger partial charge < -0.3 is 11.1 Å². The Hall–Kier alpha value is -2.36. The molecule has 1 amide bonds. The Morgan fingerprint density at radius 2 is 2.00 bits per heavy atom. The molecule has 3 rings (SSSR count). The number of rotatable bonds is 4. The molecule has 0 atom stereocenters. The molecule has 1 fully saturated rings. The van der Waals surface area contributed by atoms with E-state index < -0.39 is 0 Å². The van der Waals surface area contributed by atoms with E-state index in [-0.39, 0.29) is 5.91 Å². The van der Waals surface area contributed by atoms with E-state index in [2.05, 4.69) is 10.3 Å². The smallest absolute Gasteiger partial charge is 0.251 e. The van der Waals surface area contributed by atoms with Crippen LogP contribution in [0.4, 0.5) is 5.69 Å². The molecule has 4 heteroatoms. The molecule has 0 saturated heterocycles. The van der Waals surface area contributed by atoms with Crippen LogP contribution >= 0.6 is 0 Å². The fourth-order valence-electron chi connectivity index (χ4n) is 2.19. The van der Waals surface area contributed by atoms with Gasteiger partial charge in [0, 0.05) is 30.2 Å². The van der Waals surface area contributed by atoms with Crippen LogP contribution in [0.25, 0.3) is 11.1 Å². The van der Waals surface area contributed by atoms with Gasteiger partial charge in [-0.3, -0.25) is 9.78 Å². The molecule has 1 aliphatic rings. The number of carbonyl (C=O) groups excluding carboxylic acids is 1. The fraction of sp³-hybridized carbons (Fsp3) is 0.250. The second-order valence-electron chi connectivity index (χ2n) is 5.19. The Morgan fingerprint density at radius 3 is 2.70 bits per heavy atom. The lowest BCUT2D eigenvalue weighted by Gasteiger charge is -2.11. The van der Waals surface area contributed by atoms with Crippen molar-refractivity contribution in [2.24, 2.45) is 5.92 Å². The molecule has 1 aromatic carbocycles. The summed E-state index contributed by atoms with van der Waals surface area (Å²) in [6.45, 7) is 0.753. The molecule has 3 N–H and O–H groups in total. The third-order valence-corrected chi connectivity index (χ3v) is 3.53. The van der Waals surface area contributed by atoms with Gasteiger partial charge in [-0.15, -0.1) is 0 Å². The minimum atomic E-state index is -0.0592. The maximum Gasteiger partial charge on any atom is 0.251 e. The Kier molecular flexibility index (Phi) is 3.37. The molecule has 1 heterocycles. The van der Waals surface area contributed by atoms with Crippen LogP contribution in [0, 0.1) is 5.92 Å². The first-order valence-corrected chi connectivity index (χ1v) is 6.82. The maximum absolute atomic E-state index is 12.3. The Morgan fingerprint density at radius 1 is 1.25 bits per heavy atom. The van der Waals surface area contributed by atoms with Crippen molar-refractivity contribution in [2.45, 2.75) is 12.8 Å². The minimum Gasteiger partial charge on any atom is -0.399 e. The van der Waals surface area contributed by atoms with Gasteiger partial charge in [0.15, 0.2) is 0 Å².